The van der Waals surface area contributed by atoms with Gasteiger partial charge in [-0.25, -0.2) is 0 Å². The molecule has 1 fully saturated rings. The number of halogens is 1. The fourth-order valence-corrected chi connectivity index (χ4v) is 2.63. The molecule has 104 valence electrons. The molecule has 2 rings (SSSR count). The SMILES string of the molecule is O=C(Cc1ccc(Cl)cc1)NCC1(O)CCCCC1. The molecule has 2 N–H and O–H groups in total. The number of rotatable bonds is 4. The van der Waals surface area contributed by atoms with Gasteiger partial charge in [0.25, 0.3) is 0 Å². The van der Waals surface area contributed by atoms with Crippen LogP contribution in [0.3, 0.4) is 0 Å². The van der Waals surface area contributed by atoms with Crippen molar-refractivity contribution >= 4 is 17.5 Å². The zero-order valence-corrected chi connectivity index (χ0v) is 11.7. The van der Waals surface area contributed by atoms with Crippen molar-refractivity contribution in [3.8, 4) is 0 Å². The van der Waals surface area contributed by atoms with Crippen molar-refractivity contribution in [2.75, 3.05) is 6.54 Å². The van der Waals surface area contributed by atoms with E-state index in [1.807, 2.05) is 12.1 Å². The number of benzene rings is 1. The van der Waals surface area contributed by atoms with E-state index in [1.165, 1.54) is 6.42 Å². The monoisotopic (exact) mass is 281 g/mol. The van der Waals surface area contributed by atoms with Crippen LogP contribution in [0.5, 0.6) is 0 Å². The molecule has 4 heteroatoms. The predicted octanol–water partition coefficient (Wildman–Crippen LogP) is 2.69. The van der Waals surface area contributed by atoms with Gasteiger partial charge in [0.05, 0.1) is 12.0 Å². The van der Waals surface area contributed by atoms with Crippen LogP contribution in [-0.2, 0) is 11.2 Å². The molecule has 0 saturated heterocycles. The van der Waals surface area contributed by atoms with Gasteiger partial charge in [-0.15, -0.1) is 0 Å². The highest BCUT2D eigenvalue weighted by atomic mass is 35.5. The lowest BCUT2D eigenvalue weighted by Crippen LogP contribution is -2.44. The van der Waals surface area contributed by atoms with Crippen LogP contribution in [0.25, 0.3) is 0 Å². The maximum Gasteiger partial charge on any atom is 0.224 e. The lowest BCUT2D eigenvalue weighted by Gasteiger charge is -2.32. The topological polar surface area (TPSA) is 49.3 Å². The predicted molar refractivity (Wildman–Crippen MR) is 76.2 cm³/mol. The molecule has 0 unspecified atom stereocenters. The highest BCUT2D eigenvalue weighted by molar-refractivity contribution is 6.30. The molecule has 1 saturated carbocycles. The summed E-state index contributed by atoms with van der Waals surface area (Å²) in [5, 5.41) is 13.8. The van der Waals surface area contributed by atoms with Crippen LogP contribution in [0.2, 0.25) is 5.02 Å². The first-order valence-electron chi connectivity index (χ1n) is 6.81. The van der Waals surface area contributed by atoms with Crippen LogP contribution >= 0.6 is 11.6 Å². The molecule has 19 heavy (non-hydrogen) atoms. The van der Waals surface area contributed by atoms with E-state index in [0.717, 1.165) is 31.2 Å². The molecular formula is C15H20ClNO2. The Morgan fingerprint density at radius 3 is 2.47 bits per heavy atom. The summed E-state index contributed by atoms with van der Waals surface area (Å²) in [5.74, 6) is -0.0543. The van der Waals surface area contributed by atoms with Crippen LogP contribution in [0.1, 0.15) is 37.7 Å². The fourth-order valence-electron chi connectivity index (χ4n) is 2.50. The molecule has 0 radical (unpaired) electrons. The quantitative estimate of drug-likeness (QED) is 0.891. The number of carbonyl (C=O) groups excluding carboxylic acids is 1. The van der Waals surface area contributed by atoms with Gasteiger partial charge in [0.15, 0.2) is 0 Å². The Hall–Kier alpha value is -1.06. The fraction of sp³-hybridized carbons (Fsp3) is 0.533. The van der Waals surface area contributed by atoms with Gasteiger partial charge in [0.2, 0.25) is 5.91 Å². The van der Waals surface area contributed by atoms with Crippen LogP contribution in [-0.4, -0.2) is 23.2 Å². The molecule has 0 aliphatic heterocycles. The van der Waals surface area contributed by atoms with Crippen molar-refractivity contribution < 1.29 is 9.90 Å². The molecule has 1 amide bonds. The smallest absolute Gasteiger partial charge is 0.224 e. The third kappa shape index (κ3) is 4.51. The zero-order chi connectivity index (χ0) is 13.7. The highest BCUT2D eigenvalue weighted by Gasteiger charge is 2.29. The second kappa shape index (κ2) is 6.40. The molecule has 3 nitrogen and oxygen atoms in total. The molecule has 1 aromatic carbocycles. The molecule has 1 aliphatic carbocycles. The van der Waals surface area contributed by atoms with Crippen molar-refractivity contribution in [3.63, 3.8) is 0 Å². The Kier molecular flexibility index (Phi) is 4.83. The van der Waals surface area contributed by atoms with E-state index in [0.29, 0.717) is 18.0 Å². The van der Waals surface area contributed by atoms with E-state index >= 15 is 0 Å². The van der Waals surface area contributed by atoms with Crippen molar-refractivity contribution in [1.29, 1.82) is 0 Å². The zero-order valence-electron chi connectivity index (χ0n) is 11.0. The Bertz CT molecular complexity index is 424. The molecule has 0 bridgehead atoms. The maximum absolute atomic E-state index is 11.8. The number of hydrogen-bond donors (Lipinski definition) is 2. The second-order valence-corrected chi connectivity index (χ2v) is 5.80. The van der Waals surface area contributed by atoms with E-state index < -0.39 is 5.60 Å². The van der Waals surface area contributed by atoms with E-state index in [4.69, 9.17) is 11.6 Å². The Morgan fingerprint density at radius 1 is 1.21 bits per heavy atom. The maximum atomic E-state index is 11.8. The van der Waals surface area contributed by atoms with Gasteiger partial charge >= 0.3 is 0 Å². The van der Waals surface area contributed by atoms with Gasteiger partial charge in [-0.05, 0) is 30.5 Å². The summed E-state index contributed by atoms with van der Waals surface area (Å²) in [6.07, 6.45) is 5.17. The van der Waals surface area contributed by atoms with Gasteiger partial charge in [-0.1, -0.05) is 43.0 Å². The molecular weight excluding hydrogens is 262 g/mol. The van der Waals surface area contributed by atoms with Crippen LogP contribution < -0.4 is 5.32 Å². The lowest BCUT2D eigenvalue weighted by atomic mass is 9.85. The number of nitrogens with one attached hydrogen (secondary N) is 1. The minimum atomic E-state index is -0.700. The summed E-state index contributed by atoms with van der Waals surface area (Å²) in [6, 6.07) is 7.24. The largest absolute Gasteiger partial charge is 0.388 e. The van der Waals surface area contributed by atoms with Crippen molar-refractivity contribution in [1.82, 2.24) is 5.32 Å². The van der Waals surface area contributed by atoms with E-state index in [-0.39, 0.29) is 5.91 Å². The molecule has 0 aromatic heterocycles. The molecule has 1 aromatic rings. The van der Waals surface area contributed by atoms with Gasteiger partial charge < -0.3 is 10.4 Å². The average molecular weight is 282 g/mol. The van der Waals surface area contributed by atoms with Crippen molar-refractivity contribution in [2.45, 2.75) is 44.1 Å². The number of aliphatic hydroxyl groups is 1. The summed E-state index contributed by atoms with van der Waals surface area (Å²) in [7, 11) is 0. The van der Waals surface area contributed by atoms with E-state index in [9.17, 15) is 9.90 Å². The summed E-state index contributed by atoms with van der Waals surface area (Å²) < 4.78 is 0. The lowest BCUT2D eigenvalue weighted by molar-refractivity contribution is -0.122. The Morgan fingerprint density at radius 2 is 1.84 bits per heavy atom. The minimum absolute atomic E-state index is 0.0543. The van der Waals surface area contributed by atoms with E-state index in [2.05, 4.69) is 5.32 Å². The van der Waals surface area contributed by atoms with Gasteiger partial charge in [-0.3, -0.25) is 4.79 Å². The first-order chi connectivity index (χ1) is 9.07. The average Bonchev–Trinajstić information content (AvgIpc) is 2.40. The summed E-state index contributed by atoms with van der Waals surface area (Å²) in [5.41, 5.74) is 0.228. The van der Waals surface area contributed by atoms with Gasteiger partial charge in [0.1, 0.15) is 0 Å². The Labute approximate surface area is 119 Å². The molecule has 0 atom stereocenters. The van der Waals surface area contributed by atoms with Crippen molar-refractivity contribution in [2.24, 2.45) is 0 Å². The number of amides is 1. The normalized spacial score (nSPS) is 18.0. The first-order valence-corrected chi connectivity index (χ1v) is 7.19. The molecule has 1 aliphatic rings. The Balaban J connectivity index is 1.79. The van der Waals surface area contributed by atoms with Gasteiger partial charge in [0, 0.05) is 11.6 Å². The summed E-state index contributed by atoms with van der Waals surface area (Å²) in [6.45, 7) is 0.361. The molecule has 0 spiro atoms. The van der Waals surface area contributed by atoms with Crippen LogP contribution in [0, 0.1) is 0 Å². The van der Waals surface area contributed by atoms with Crippen LogP contribution in [0.15, 0.2) is 24.3 Å². The van der Waals surface area contributed by atoms with Crippen LogP contribution in [0.4, 0.5) is 0 Å². The molecule has 0 heterocycles. The summed E-state index contributed by atoms with van der Waals surface area (Å²) >= 11 is 5.80. The first kappa shape index (κ1) is 14.4. The summed E-state index contributed by atoms with van der Waals surface area (Å²) in [4.78, 5) is 11.8. The third-order valence-electron chi connectivity index (χ3n) is 3.68. The minimum Gasteiger partial charge on any atom is -0.388 e. The number of carbonyl (C=O) groups is 1. The highest BCUT2D eigenvalue weighted by Crippen LogP contribution is 2.27. The third-order valence-corrected chi connectivity index (χ3v) is 3.93. The number of hydrogen-bond acceptors (Lipinski definition) is 2. The van der Waals surface area contributed by atoms with E-state index in [1.54, 1.807) is 12.1 Å². The van der Waals surface area contributed by atoms with Gasteiger partial charge in [-0.2, -0.15) is 0 Å². The standard InChI is InChI=1S/C15H20ClNO2/c16-13-6-4-12(5-7-13)10-14(18)17-11-15(19)8-2-1-3-9-15/h4-7,19H,1-3,8-11H2,(H,17,18). The van der Waals surface area contributed by atoms with Crippen molar-refractivity contribution in [3.05, 3.63) is 34.9 Å². The second-order valence-electron chi connectivity index (χ2n) is 5.36.